The molecule has 0 bridgehead atoms. The van der Waals surface area contributed by atoms with Gasteiger partial charge in [0.2, 0.25) is 0 Å². The molecule has 0 heterocycles. The van der Waals surface area contributed by atoms with Crippen LogP contribution < -0.4 is 0 Å². The lowest BCUT2D eigenvalue weighted by Gasteiger charge is -2.21. The van der Waals surface area contributed by atoms with Gasteiger partial charge in [-0.3, -0.25) is 37.3 Å². The molecular formula is C87H170O17P2. The van der Waals surface area contributed by atoms with Gasteiger partial charge in [0.25, 0.3) is 0 Å². The molecule has 106 heavy (non-hydrogen) atoms. The van der Waals surface area contributed by atoms with E-state index in [-0.39, 0.29) is 25.7 Å². The van der Waals surface area contributed by atoms with Crippen LogP contribution in [-0.4, -0.2) is 96.7 Å². The second-order valence-corrected chi connectivity index (χ2v) is 34.7. The van der Waals surface area contributed by atoms with E-state index in [1.165, 1.54) is 283 Å². The monoisotopic (exact) mass is 1550 g/mol. The molecule has 0 fully saturated rings. The topological polar surface area (TPSA) is 237 Å². The number of phosphoric acid groups is 2. The minimum Gasteiger partial charge on any atom is -0.462 e. The molecule has 0 aromatic rings. The molecule has 5 atom stereocenters. The molecule has 0 saturated heterocycles. The van der Waals surface area contributed by atoms with Gasteiger partial charge >= 0.3 is 39.5 Å². The fourth-order valence-electron chi connectivity index (χ4n) is 13.6. The first-order chi connectivity index (χ1) is 51.5. The third-order valence-corrected chi connectivity index (χ3v) is 22.4. The molecule has 0 aromatic carbocycles. The van der Waals surface area contributed by atoms with Crippen molar-refractivity contribution in [2.75, 3.05) is 39.6 Å². The summed E-state index contributed by atoms with van der Waals surface area (Å²) in [6, 6.07) is 0. The predicted molar refractivity (Wildman–Crippen MR) is 437 cm³/mol. The van der Waals surface area contributed by atoms with Crippen molar-refractivity contribution in [3.05, 3.63) is 0 Å². The molecule has 0 spiro atoms. The van der Waals surface area contributed by atoms with Crippen molar-refractivity contribution in [3.8, 4) is 0 Å². The van der Waals surface area contributed by atoms with Gasteiger partial charge in [0.05, 0.1) is 26.4 Å². The van der Waals surface area contributed by atoms with Crippen molar-refractivity contribution in [1.29, 1.82) is 0 Å². The smallest absolute Gasteiger partial charge is 0.462 e. The maximum atomic E-state index is 13.1. The fourth-order valence-corrected chi connectivity index (χ4v) is 15.2. The van der Waals surface area contributed by atoms with Crippen LogP contribution in [0.5, 0.6) is 0 Å². The molecule has 630 valence electrons. The van der Waals surface area contributed by atoms with E-state index in [0.717, 1.165) is 109 Å². The first-order valence-electron chi connectivity index (χ1n) is 45.1. The Balaban J connectivity index is 5.15. The molecule has 0 aliphatic rings. The third kappa shape index (κ3) is 80.1. The zero-order valence-electron chi connectivity index (χ0n) is 69.6. The van der Waals surface area contributed by atoms with Crippen molar-refractivity contribution in [2.24, 2.45) is 5.92 Å². The summed E-state index contributed by atoms with van der Waals surface area (Å²) in [5.41, 5.74) is 0. The number of carbonyl (C=O) groups is 4. The highest BCUT2D eigenvalue weighted by molar-refractivity contribution is 7.47. The summed E-state index contributed by atoms with van der Waals surface area (Å²) < 4.78 is 68.8. The average Bonchev–Trinajstić information content (AvgIpc) is 0.901. The van der Waals surface area contributed by atoms with Crippen LogP contribution in [0.4, 0.5) is 0 Å². The average molecular weight is 1550 g/mol. The van der Waals surface area contributed by atoms with E-state index in [1.807, 2.05) is 0 Å². The second-order valence-electron chi connectivity index (χ2n) is 31.8. The Labute approximate surface area is 651 Å². The summed E-state index contributed by atoms with van der Waals surface area (Å²) in [5, 5.41) is 10.7. The number of aliphatic hydroxyl groups excluding tert-OH is 1. The molecule has 17 nitrogen and oxygen atoms in total. The first kappa shape index (κ1) is 104. The molecule has 19 heteroatoms. The number of hydrogen-bond donors (Lipinski definition) is 3. The Kier molecular flexibility index (Phi) is 78.2. The largest absolute Gasteiger partial charge is 0.472 e. The lowest BCUT2D eigenvalue weighted by atomic mass is 10.0. The van der Waals surface area contributed by atoms with Gasteiger partial charge in [-0.05, 0) is 31.6 Å². The molecule has 0 aromatic heterocycles. The molecule has 0 radical (unpaired) electrons. The van der Waals surface area contributed by atoms with Crippen LogP contribution in [0.25, 0.3) is 0 Å². The first-order valence-corrected chi connectivity index (χ1v) is 48.1. The van der Waals surface area contributed by atoms with Crippen LogP contribution in [0, 0.1) is 5.92 Å². The van der Waals surface area contributed by atoms with Crippen LogP contribution in [-0.2, 0) is 65.4 Å². The summed E-state index contributed by atoms with van der Waals surface area (Å²) in [6.45, 7) is 7.34. The number of rotatable bonds is 87. The van der Waals surface area contributed by atoms with Crippen LogP contribution in [0.2, 0.25) is 0 Å². The van der Waals surface area contributed by atoms with Gasteiger partial charge in [-0.1, -0.05) is 420 Å². The number of aliphatic hydroxyl groups is 1. The van der Waals surface area contributed by atoms with Gasteiger partial charge in [0.1, 0.15) is 19.3 Å². The highest BCUT2D eigenvalue weighted by atomic mass is 31.2. The van der Waals surface area contributed by atoms with Crippen molar-refractivity contribution in [3.63, 3.8) is 0 Å². The summed E-state index contributed by atoms with van der Waals surface area (Å²) in [6.07, 6.45) is 74.0. The standard InChI is InChI=1S/C87H170O17P2/c1-6-9-12-15-18-20-22-24-26-28-30-32-34-36-38-43-47-51-56-61-66-71-85(90)98-77-83(104-87(92)73-67-62-57-52-48-44-39-37-35-33-31-29-27-25-23-21-19-16-13-10-7-2)79-102-106(95,96)100-75-81(88)74-99-105(93,94)101-78-82(76-97-84(89)70-65-60-54-17-14-11-8-3)103-86(91)72-68-63-58-53-49-45-41-40-42-46-50-55-59-64-69-80(4)5/h80-83,88H,6-79H2,1-5H3,(H,93,94)(H,95,96)/t81-,82+,83+/m0/s1. The highest BCUT2D eigenvalue weighted by Crippen LogP contribution is 2.45. The number of phosphoric ester groups is 2. The number of carbonyl (C=O) groups excluding carboxylic acids is 4. The molecule has 0 aliphatic heterocycles. The van der Waals surface area contributed by atoms with E-state index in [0.29, 0.717) is 25.7 Å². The summed E-state index contributed by atoms with van der Waals surface area (Å²) in [4.78, 5) is 73.1. The van der Waals surface area contributed by atoms with Crippen LogP contribution >= 0.6 is 15.6 Å². The van der Waals surface area contributed by atoms with E-state index in [2.05, 4.69) is 34.6 Å². The molecule has 0 amide bonds. The lowest BCUT2D eigenvalue weighted by Crippen LogP contribution is -2.30. The normalized spacial score (nSPS) is 13.7. The summed E-state index contributed by atoms with van der Waals surface area (Å²) in [5.74, 6) is -1.31. The molecule has 0 rings (SSSR count). The molecule has 0 aliphatic carbocycles. The zero-order valence-corrected chi connectivity index (χ0v) is 71.4. The number of ether oxygens (including phenoxy) is 4. The van der Waals surface area contributed by atoms with E-state index in [4.69, 9.17) is 37.0 Å². The SMILES string of the molecule is CCCCCCCCCCCCCCCCCCCCCCCC(=O)OC[C@H](COP(=O)(O)OC[C@@H](O)COP(=O)(O)OC[C@@H](COC(=O)CCCCCCCCC)OC(=O)CCCCCCCCCCCCCCCCC(C)C)OC(=O)CCCCCCCCCCCCCCCCCCCCCCC. The third-order valence-electron chi connectivity index (χ3n) is 20.5. The number of hydrogen-bond acceptors (Lipinski definition) is 15. The Morgan fingerprint density at radius 2 is 0.434 bits per heavy atom. The van der Waals surface area contributed by atoms with Gasteiger partial charge < -0.3 is 33.8 Å². The van der Waals surface area contributed by atoms with Crippen molar-refractivity contribution in [2.45, 2.75) is 490 Å². The van der Waals surface area contributed by atoms with Gasteiger partial charge in [-0.15, -0.1) is 0 Å². The maximum Gasteiger partial charge on any atom is 0.472 e. The van der Waals surface area contributed by atoms with Gasteiger partial charge in [0.15, 0.2) is 12.2 Å². The molecule has 0 saturated carbocycles. The fraction of sp³-hybridized carbons (Fsp3) is 0.954. The van der Waals surface area contributed by atoms with Crippen LogP contribution in [0.3, 0.4) is 0 Å². The van der Waals surface area contributed by atoms with Gasteiger partial charge in [-0.25, -0.2) is 9.13 Å². The van der Waals surface area contributed by atoms with Crippen molar-refractivity contribution >= 4 is 39.5 Å². The zero-order chi connectivity index (χ0) is 77.6. The minimum absolute atomic E-state index is 0.108. The lowest BCUT2D eigenvalue weighted by molar-refractivity contribution is -0.161. The quantitative estimate of drug-likeness (QED) is 0.0222. The van der Waals surface area contributed by atoms with Crippen LogP contribution in [0.1, 0.15) is 471 Å². The minimum atomic E-state index is -4.96. The Hall–Kier alpha value is -1.94. The Morgan fingerprint density at radius 1 is 0.255 bits per heavy atom. The maximum absolute atomic E-state index is 13.1. The van der Waals surface area contributed by atoms with Crippen molar-refractivity contribution < 1.29 is 80.2 Å². The predicted octanol–water partition coefficient (Wildman–Crippen LogP) is 26.8. The summed E-state index contributed by atoms with van der Waals surface area (Å²) >= 11 is 0. The molecular weight excluding hydrogens is 1380 g/mol. The van der Waals surface area contributed by atoms with E-state index >= 15 is 0 Å². The van der Waals surface area contributed by atoms with E-state index in [1.54, 1.807) is 0 Å². The van der Waals surface area contributed by atoms with Gasteiger partial charge in [-0.2, -0.15) is 0 Å². The van der Waals surface area contributed by atoms with E-state index < -0.39 is 97.5 Å². The second kappa shape index (κ2) is 79.7. The van der Waals surface area contributed by atoms with Crippen molar-refractivity contribution in [1.82, 2.24) is 0 Å². The van der Waals surface area contributed by atoms with Crippen LogP contribution in [0.15, 0.2) is 0 Å². The van der Waals surface area contributed by atoms with E-state index in [9.17, 15) is 43.2 Å². The molecule has 2 unspecified atom stereocenters. The Bertz CT molecular complexity index is 2010. The Morgan fingerprint density at radius 3 is 0.642 bits per heavy atom. The molecule has 3 N–H and O–H groups in total. The summed E-state index contributed by atoms with van der Waals surface area (Å²) in [7, 11) is -9.92. The number of esters is 4. The van der Waals surface area contributed by atoms with Gasteiger partial charge in [0, 0.05) is 25.7 Å². The number of unbranched alkanes of at least 4 members (excludes halogenated alkanes) is 59. The highest BCUT2D eigenvalue weighted by Gasteiger charge is 2.30.